The molecule has 8 heteroatoms. The van der Waals surface area contributed by atoms with Gasteiger partial charge in [-0.05, 0) is 35.7 Å². The van der Waals surface area contributed by atoms with E-state index in [-0.39, 0.29) is 24.7 Å². The first-order valence-electron chi connectivity index (χ1n) is 8.01. The van der Waals surface area contributed by atoms with Crippen LogP contribution < -0.4 is 10.1 Å². The third-order valence-corrected chi connectivity index (χ3v) is 4.86. The van der Waals surface area contributed by atoms with Crippen LogP contribution >= 0.6 is 11.3 Å². The lowest BCUT2D eigenvalue weighted by atomic mass is 10.1. The molecule has 0 atom stereocenters. The lowest BCUT2D eigenvalue weighted by Gasteiger charge is -2.15. The van der Waals surface area contributed by atoms with Gasteiger partial charge in [-0.2, -0.15) is 13.2 Å². The van der Waals surface area contributed by atoms with E-state index in [4.69, 9.17) is 9.47 Å². The quantitative estimate of drug-likeness (QED) is 0.584. The number of thiophene rings is 1. The molecule has 1 aromatic heterocycles. The Bertz CT molecular complexity index is 920. The van der Waals surface area contributed by atoms with Gasteiger partial charge >= 0.3 is 6.18 Å². The van der Waals surface area contributed by atoms with Crippen molar-refractivity contribution in [1.82, 2.24) is 0 Å². The van der Waals surface area contributed by atoms with Gasteiger partial charge in [0.25, 0.3) is 5.91 Å². The van der Waals surface area contributed by atoms with Gasteiger partial charge in [-0.1, -0.05) is 18.2 Å². The van der Waals surface area contributed by atoms with E-state index in [9.17, 15) is 18.0 Å². The fourth-order valence-electron chi connectivity index (χ4n) is 2.44. The lowest BCUT2D eigenvalue weighted by molar-refractivity contribution is -0.137. The minimum atomic E-state index is -4.53. The van der Waals surface area contributed by atoms with E-state index in [1.54, 1.807) is 6.07 Å². The SMILES string of the molecule is COCCOc1ccc(C(F)(F)F)cc1NC(=O)c1cc2ccccc2s1. The molecule has 0 saturated heterocycles. The smallest absolute Gasteiger partial charge is 0.416 e. The first-order valence-corrected chi connectivity index (χ1v) is 8.83. The van der Waals surface area contributed by atoms with Gasteiger partial charge in [0.15, 0.2) is 0 Å². The zero-order chi connectivity index (χ0) is 19.4. The maximum atomic E-state index is 13.0. The van der Waals surface area contributed by atoms with E-state index < -0.39 is 17.6 Å². The van der Waals surface area contributed by atoms with Crippen molar-refractivity contribution in [2.75, 3.05) is 25.6 Å². The second-order valence-electron chi connectivity index (χ2n) is 5.65. The van der Waals surface area contributed by atoms with Crippen LogP contribution in [0.5, 0.6) is 5.75 Å². The van der Waals surface area contributed by atoms with E-state index in [2.05, 4.69) is 5.32 Å². The van der Waals surface area contributed by atoms with Crippen LogP contribution in [0.1, 0.15) is 15.2 Å². The van der Waals surface area contributed by atoms with Crippen LogP contribution in [0, 0.1) is 0 Å². The van der Waals surface area contributed by atoms with Crippen LogP contribution in [0.2, 0.25) is 0 Å². The number of rotatable bonds is 6. The van der Waals surface area contributed by atoms with Gasteiger partial charge in [-0.25, -0.2) is 0 Å². The van der Waals surface area contributed by atoms with Gasteiger partial charge in [0.2, 0.25) is 0 Å². The Kier molecular flexibility index (Phi) is 5.67. The van der Waals surface area contributed by atoms with Crippen molar-refractivity contribution in [2.45, 2.75) is 6.18 Å². The minimum absolute atomic E-state index is 0.0385. The fraction of sp³-hybridized carbons (Fsp3) is 0.211. The van der Waals surface area contributed by atoms with Crippen molar-refractivity contribution in [2.24, 2.45) is 0 Å². The molecule has 3 aromatic rings. The average molecular weight is 395 g/mol. The van der Waals surface area contributed by atoms with Gasteiger partial charge in [-0.15, -0.1) is 11.3 Å². The number of methoxy groups -OCH3 is 1. The van der Waals surface area contributed by atoms with Crippen molar-refractivity contribution < 1.29 is 27.4 Å². The average Bonchev–Trinajstić information content (AvgIpc) is 3.06. The standard InChI is InChI=1S/C19H16F3NO3S/c1-25-8-9-26-15-7-6-13(19(20,21)22)11-14(15)23-18(24)17-10-12-4-2-3-5-16(12)27-17/h2-7,10-11H,8-9H2,1H3,(H,23,24). The van der Waals surface area contributed by atoms with Crippen LogP contribution in [0.25, 0.3) is 10.1 Å². The summed E-state index contributed by atoms with van der Waals surface area (Å²) < 4.78 is 50.3. The van der Waals surface area contributed by atoms with Crippen molar-refractivity contribution >= 4 is 33.0 Å². The molecular weight excluding hydrogens is 379 g/mol. The second-order valence-corrected chi connectivity index (χ2v) is 6.74. The molecule has 1 heterocycles. The summed E-state index contributed by atoms with van der Waals surface area (Å²) in [5, 5.41) is 3.43. The minimum Gasteiger partial charge on any atom is -0.489 e. The summed E-state index contributed by atoms with van der Waals surface area (Å²) in [7, 11) is 1.49. The number of benzene rings is 2. The van der Waals surface area contributed by atoms with Crippen LogP contribution in [-0.2, 0) is 10.9 Å². The Morgan fingerprint density at radius 1 is 1.11 bits per heavy atom. The third-order valence-electron chi connectivity index (χ3n) is 3.75. The first kappa shape index (κ1) is 19.2. The summed E-state index contributed by atoms with van der Waals surface area (Å²) in [6.07, 6.45) is -4.53. The van der Waals surface area contributed by atoms with E-state index >= 15 is 0 Å². The number of alkyl halides is 3. The molecule has 1 amide bonds. The molecule has 0 spiro atoms. The number of ether oxygens (including phenoxy) is 2. The molecule has 27 heavy (non-hydrogen) atoms. The van der Waals surface area contributed by atoms with Crippen LogP contribution in [-0.4, -0.2) is 26.2 Å². The van der Waals surface area contributed by atoms with E-state index in [1.807, 2.05) is 24.3 Å². The van der Waals surface area contributed by atoms with Crippen molar-refractivity contribution in [1.29, 1.82) is 0 Å². The fourth-order valence-corrected chi connectivity index (χ4v) is 3.40. The van der Waals surface area contributed by atoms with Gasteiger partial charge in [0.05, 0.1) is 22.7 Å². The molecular formula is C19H16F3NO3S. The molecule has 0 fully saturated rings. The number of anilines is 1. The number of halogens is 3. The predicted octanol–water partition coefficient (Wildman–Crippen LogP) is 5.20. The maximum absolute atomic E-state index is 13.0. The highest BCUT2D eigenvalue weighted by Crippen LogP contribution is 2.35. The van der Waals surface area contributed by atoms with Gasteiger partial charge in [0, 0.05) is 11.8 Å². The zero-order valence-corrected chi connectivity index (χ0v) is 15.1. The third kappa shape index (κ3) is 4.58. The monoisotopic (exact) mass is 395 g/mol. The summed E-state index contributed by atoms with van der Waals surface area (Å²) in [6.45, 7) is 0.415. The Morgan fingerprint density at radius 3 is 2.59 bits per heavy atom. The van der Waals surface area contributed by atoms with E-state index in [0.29, 0.717) is 4.88 Å². The lowest BCUT2D eigenvalue weighted by Crippen LogP contribution is -2.14. The highest BCUT2D eigenvalue weighted by Gasteiger charge is 2.31. The topological polar surface area (TPSA) is 47.6 Å². The zero-order valence-electron chi connectivity index (χ0n) is 14.3. The summed E-state index contributed by atoms with van der Waals surface area (Å²) in [5.41, 5.74) is -0.906. The molecule has 142 valence electrons. The first-order chi connectivity index (χ1) is 12.9. The Labute approximate surface area is 157 Å². The molecule has 0 unspecified atom stereocenters. The molecule has 0 radical (unpaired) electrons. The second kappa shape index (κ2) is 7.98. The molecule has 0 bridgehead atoms. The highest BCUT2D eigenvalue weighted by molar-refractivity contribution is 7.20. The summed E-state index contributed by atoms with van der Waals surface area (Å²) in [5.74, 6) is -0.346. The Balaban J connectivity index is 1.88. The Morgan fingerprint density at radius 2 is 1.89 bits per heavy atom. The van der Waals surface area contributed by atoms with E-state index in [0.717, 1.165) is 22.2 Å². The number of hydrogen-bond acceptors (Lipinski definition) is 4. The molecule has 0 saturated carbocycles. The summed E-state index contributed by atoms with van der Waals surface area (Å²) in [6, 6.07) is 12.1. The molecule has 0 aliphatic carbocycles. The molecule has 3 rings (SSSR count). The number of hydrogen-bond donors (Lipinski definition) is 1. The number of fused-ring (bicyclic) bond motifs is 1. The van der Waals surface area contributed by atoms with E-state index in [1.165, 1.54) is 24.5 Å². The predicted molar refractivity (Wildman–Crippen MR) is 98.6 cm³/mol. The van der Waals surface area contributed by atoms with Gasteiger partial charge in [0.1, 0.15) is 12.4 Å². The van der Waals surface area contributed by atoms with Gasteiger partial charge in [-0.3, -0.25) is 4.79 Å². The summed E-state index contributed by atoms with van der Waals surface area (Å²) in [4.78, 5) is 13.0. The maximum Gasteiger partial charge on any atom is 0.416 e. The van der Waals surface area contributed by atoms with Crippen LogP contribution in [0.3, 0.4) is 0 Å². The molecule has 4 nitrogen and oxygen atoms in total. The number of carbonyl (C=O) groups is 1. The number of nitrogens with one attached hydrogen (secondary N) is 1. The number of carbonyl (C=O) groups excluding carboxylic acids is 1. The van der Waals surface area contributed by atoms with Crippen molar-refractivity contribution in [3.63, 3.8) is 0 Å². The highest BCUT2D eigenvalue weighted by atomic mass is 32.1. The Hall–Kier alpha value is -2.58. The molecule has 1 N–H and O–H groups in total. The van der Waals surface area contributed by atoms with Crippen LogP contribution in [0.4, 0.5) is 18.9 Å². The van der Waals surface area contributed by atoms with Crippen molar-refractivity contribution in [3.05, 3.63) is 59.0 Å². The molecule has 0 aliphatic heterocycles. The number of amides is 1. The van der Waals surface area contributed by atoms with Gasteiger partial charge < -0.3 is 14.8 Å². The normalized spacial score (nSPS) is 11.6. The largest absolute Gasteiger partial charge is 0.489 e. The molecule has 2 aromatic carbocycles. The van der Waals surface area contributed by atoms with Crippen LogP contribution in [0.15, 0.2) is 48.5 Å². The molecule has 0 aliphatic rings. The van der Waals surface area contributed by atoms with Crippen molar-refractivity contribution in [3.8, 4) is 5.75 Å². The summed E-state index contributed by atoms with van der Waals surface area (Å²) >= 11 is 1.27.